The van der Waals surface area contributed by atoms with Crippen LogP contribution in [0.5, 0.6) is 0 Å². The van der Waals surface area contributed by atoms with E-state index < -0.39 is 4.92 Å². The van der Waals surface area contributed by atoms with Gasteiger partial charge in [0.1, 0.15) is 0 Å². The molecule has 110 valence electrons. The number of aromatic amines is 1. The number of nitro groups is 1. The molecule has 1 saturated heterocycles. The molecule has 0 saturated carbocycles. The second kappa shape index (κ2) is 5.74. The molecule has 7 nitrogen and oxygen atoms in total. The Morgan fingerprint density at radius 2 is 2.24 bits per heavy atom. The lowest BCUT2D eigenvalue weighted by Gasteiger charge is -2.12. The van der Waals surface area contributed by atoms with Gasteiger partial charge in [0.2, 0.25) is 0 Å². The molecule has 2 aromatic rings. The van der Waals surface area contributed by atoms with Gasteiger partial charge in [-0.05, 0) is 37.2 Å². The third-order valence-corrected chi connectivity index (χ3v) is 3.82. The zero-order valence-electron chi connectivity index (χ0n) is 11.2. The quantitative estimate of drug-likeness (QED) is 0.533. The summed E-state index contributed by atoms with van der Waals surface area (Å²) in [6.45, 7) is 1.42. The predicted octanol–water partition coefficient (Wildman–Crippen LogP) is 2.69. The van der Waals surface area contributed by atoms with Crippen LogP contribution in [-0.4, -0.2) is 32.4 Å². The van der Waals surface area contributed by atoms with E-state index in [9.17, 15) is 10.1 Å². The van der Waals surface area contributed by atoms with Gasteiger partial charge in [-0.1, -0.05) is 0 Å². The number of hydrogen-bond donors (Lipinski definition) is 1. The minimum Gasteiger partial charge on any atom is -0.376 e. The molecule has 0 aliphatic carbocycles. The van der Waals surface area contributed by atoms with E-state index in [1.165, 1.54) is 12.1 Å². The highest BCUT2D eigenvalue weighted by Gasteiger charge is 2.19. The molecule has 1 N–H and O–H groups in total. The van der Waals surface area contributed by atoms with Crippen molar-refractivity contribution in [2.24, 2.45) is 0 Å². The molecule has 0 amide bonds. The van der Waals surface area contributed by atoms with E-state index >= 15 is 0 Å². The van der Waals surface area contributed by atoms with Crippen LogP contribution in [-0.2, 0) is 11.3 Å². The summed E-state index contributed by atoms with van der Waals surface area (Å²) in [6, 6.07) is 6.27. The Morgan fingerprint density at radius 1 is 1.48 bits per heavy atom. The van der Waals surface area contributed by atoms with Gasteiger partial charge in [-0.3, -0.25) is 19.8 Å². The first kappa shape index (κ1) is 13.9. The molecule has 21 heavy (non-hydrogen) atoms. The van der Waals surface area contributed by atoms with E-state index in [-0.39, 0.29) is 11.8 Å². The molecule has 1 atom stereocenters. The molecule has 1 aromatic heterocycles. The van der Waals surface area contributed by atoms with Gasteiger partial charge in [0.25, 0.3) is 5.69 Å². The molecule has 8 heteroatoms. The van der Waals surface area contributed by atoms with Crippen LogP contribution in [0.1, 0.15) is 12.8 Å². The number of aromatic nitrogens is 3. The van der Waals surface area contributed by atoms with E-state index in [0.717, 1.165) is 25.0 Å². The first-order valence-corrected chi connectivity index (χ1v) is 7.07. The Hall–Kier alpha value is -2.06. The summed E-state index contributed by atoms with van der Waals surface area (Å²) in [4.78, 5) is 10.3. The second-order valence-corrected chi connectivity index (χ2v) is 5.29. The van der Waals surface area contributed by atoms with Crippen molar-refractivity contribution in [3.8, 4) is 11.4 Å². The first-order chi connectivity index (χ1) is 10.1. The van der Waals surface area contributed by atoms with Gasteiger partial charge in [-0.2, -0.15) is 5.10 Å². The normalized spacial score (nSPS) is 18.0. The number of ether oxygens (including phenoxy) is 1. The van der Waals surface area contributed by atoms with E-state index in [0.29, 0.717) is 17.1 Å². The molecule has 1 aliphatic rings. The van der Waals surface area contributed by atoms with Gasteiger partial charge >= 0.3 is 0 Å². The SMILES string of the molecule is O=[N+]([O-])c1ccc(-c2n[nH]c(=S)n2C[C@@H]2CCCO2)cc1. The monoisotopic (exact) mass is 306 g/mol. The van der Waals surface area contributed by atoms with Crippen LogP contribution < -0.4 is 0 Å². The smallest absolute Gasteiger partial charge is 0.269 e. The average molecular weight is 306 g/mol. The van der Waals surface area contributed by atoms with Gasteiger partial charge in [0, 0.05) is 24.3 Å². The molecule has 0 bridgehead atoms. The minimum atomic E-state index is -0.423. The molecule has 1 fully saturated rings. The molecule has 0 radical (unpaired) electrons. The molecular formula is C13H14N4O3S. The van der Waals surface area contributed by atoms with Crippen LogP contribution in [0.3, 0.4) is 0 Å². The van der Waals surface area contributed by atoms with Gasteiger partial charge in [0.05, 0.1) is 17.6 Å². The van der Waals surface area contributed by atoms with Crippen molar-refractivity contribution in [1.82, 2.24) is 14.8 Å². The van der Waals surface area contributed by atoms with Crippen molar-refractivity contribution < 1.29 is 9.66 Å². The van der Waals surface area contributed by atoms with E-state index in [2.05, 4.69) is 10.2 Å². The fraction of sp³-hybridized carbons (Fsp3) is 0.385. The molecule has 1 aromatic carbocycles. The highest BCUT2D eigenvalue weighted by Crippen LogP contribution is 2.23. The number of nitro benzene ring substituents is 1. The molecule has 0 spiro atoms. The highest BCUT2D eigenvalue weighted by atomic mass is 32.1. The summed E-state index contributed by atoms with van der Waals surface area (Å²) >= 11 is 5.26. The average Bonchev–Trinajstić information content (AvgIpc) is 3.11. The van der Waals surface area contributed by atoms with Gasteiger partial charge in [0.15, 0.2) is 10.6 Å². The highest BCUT2D eigenvalue weighted by molar-refractivity contribution is 7.71. The van der Waals surface area contributed by atoms with Crippen LogP contribution in [0.25, 0.3) is 11.4 Å². The van der Waals surface area contributed by atoms with Crippen molar-refractivity contribution >= 4 is 17.9 Å². The van der Waals surface area contributed by atoms with E-state index in [4.69, 9.17) is 17.0 Å². The third kappa shape index (κ3) is 2.86. The zero-order chi connectivity index (χ0) is 14.8. The lowest BCUT2D eigenvalue weighted by molar-refractivity contribution is -0.384. The Morgan fingerprint density at radius 3 is 2.86 bits per heavy atom. The lowest BCUT2D eigenvalue weighted by atomic mass is 10.2. The number of hydrogen-bond acceptors (Lipinski definition) is 5. The Kier molecular flexibility index (Phi) is 3.80. The van der Waals surface area contributed by atoms with Crippen LogP contribution in [0.15, 0.2) is 24.3 Å². The fourth-order valence-electron chi connectivity index (χ4n) is 2.43. The zero-order valence-corrected chi connectivity index (χ0v) is 12.0. The van der Waals surface area contributed by atoms with Gasteiger partial charge < -0.3 is 4.74 Å². The lowest BCUT2D eigenvalue weighted by Crippen LogP contribution is -2.16. The Balaban J connectivity index is 1.91. The second-order valence-electron chi connectivity index (χ2n) is 4.90. The van der Waals surface area contributed by atoms with Crippen molar-refractivity contribution in [1.29, 1.82) is 0 Å². The Labute approximate surface area is 125 Å². The number of non-ortho nitro benzene ring substituents is 1. The number of H-pyrrole nitrogens is 1. The molecule has 2 heterocycles. The van der Waals surface area contributed by atoms with Crippen molar-refractivity contribution in [2.75, 3.05) is 6.61 Å². The predicted molar refractivity (Wildman–Crippen MR) is 78.5 cm³/mol. The van der Waals surface area contributed by atoms with Crippen LogP contribution in [0, 0.1) is 14.9 Å². The standard InChI is InChI=1S/C13H14N4O3S/c18-17(19)10-5-3-9(4-6-10)12-14-15-13(21)16(12)8-11-2-1-7-20-11/h3-6,11H,1-2,7-8H2,(H,15,21)/t11-/m0/s1. The van der Waals surface area contributed by atoms with Crippen molar-refractivity contribution in [3.05, 3.63) is 39.2 Å². The summed E-state index contributed by atoms with van der Waals surface area (Å²) in [5.74, 6) is 0.672. The summed E-state index contributed by atoms with van der Waals surface area (Å²) < 4.78 is 8.03. The maximum absolute atomic E-state index is 10.7. The topological polar surface area (TPSA) is 86.0 Å². The molecular weight excluding hydrogens is 292 g/mol. The van der Waals surface area contributed by atoms with E-state index in [1.54, 1.807) is 12.1 Å². The summed E-state index contributed by atoms with van der Waals surface area (Å²) in [5.41, 5.74) is 0.838. The largest absolute Gasteiger partial charge is 0.376 e. The van der Waals surface area contributed by atoms with Crippen molar-refractivity contribution in [2.45, 2.75) is 25.5 Å². The van der Waals surface area contributed by atoms with Gasteiger partial charge in [-0.15, -0.1) is 0 Å². The van der Waals surface area contributed by atoms with Crippen LogP contribution in [0.4, 0.5) is 5.69 Å². The van der Waals surface area contributed by atoms with Crippen LogP contribution in [0.2, 0.25) is 0 Å². The molecule has 0 unspecified atom stereocenters. The number of nitrogens with one attached hydrogen (secondary N) is 1. The summed E-state index contributed by atoms with van der Waals surface area (Å²) in [5, 5.41) is 17.7. The minimum absolute atomic E-state index is 0.0542. The number of benzene rings is 1. The van der Waals surface area contributed by atoms with Gasteiger partial charge in [-0.25, -0.2) is 0 Å². The third-order valence-electron chi connectivity index (χ3n) is 3.50. The number of rotatable bonds is 4. The summed E-state index contributed by atoms with van der Waals surface area (Å²) in [6.07, 6.45) is 2.21. The molecule has 1 aliphatic heterocycles. The maximum atomic E-state index is 10.7. The summed E-state index contributed by atoms with van der Waals surface area (Å²) in [7, 11) is 0. The van der Waals surface area contributed by atoms with E-state index in [1.807, 2.05) is 4.57 Å². The first-order valence-electron chi connectivity index (χ1n) is 6.67. The fourth-order valence-corrected chi connectivity index (χ4v) is 2.64. The number of nitrogens with zero attached hydrogens (tertiary/aromatic N) is 3. The Bertz CT molecular complexity index is 701. The van der Waals surface area contributed by atoms with Crippen molar-refractivity contribution in [3.63, 3.8) is 0 Å². The molecule has 3 rings (SSSR count). The maximum Gasteiger partial charge on any atom is 0.269 e. The van der Waals surface area contributed by atoms with Crippen LogP contribution >= 0.6 is 12.2 Å².